The van der Waals surface area contributed by atoms with Crippen molar-refractivity contribution in [2.24, 2.45) is 11.7 Å². The van der Waals surface area contributed by atoms with Gasteiger partial charge in [0.25, 0.3) is 0 Å². The Bertz CT molecular complexity index is 448. The van der Waals surface area contributed by atoms with E-state index in [1.54, 1.807) is 0 Å². The van der Waals surface area contributed by atoms with Crippen LogP contribution in [0.2, 0.25) is 0 Å². The summed E-state index contributed by atoms with van der Waals surface area (Å²) in [5.74, 6) is 0.993. The predicted molar refractivity (Wildman–Crippen MR) is 84.0 cm³/mol. The van der Waals surface area contributed by atoms with Crippen molar-refractivity contribution in [3.63, 3.8) is 0 Å². The van der Waals surface area contributed by atoms with Crippen LogP contribution in [0, 0.1) is 11.3 Å². The molecule has 3 N–H and O–H groups in total. The number of nitrogens with two attached hydrogens (primary N) is 1. The van der Waals surface area contributed by atoms with Crippen molar-refractivity contribution < 1.29 is 0 Å². The molecule has 0 atom stereocenters. The van der Waals surface area contributed by atoms with Crippen molar-refractivity contribution in [1.82, 2.24) is 9.80 Å². The Morgan fingerprint density at radius 2 is 1.95 bits per heavy atom. The van der Waals surface area contributed by atoms with Crippen molar-refractivity contribution in [1.29, 1.82) is 5.41 Å². The molecule has 110 valence electrons. The highest BCUT2D eigenvalue weighted by Crippen LogP contribution is 2.20. The Kier molecular flexibility index (Phi) is 5.15. The lowest BCUT2D eigenvalue weighted by molar-refractivity contribution is 0.157. The van der Waals surface area contributed by atoms with Gasteiger partial charge in [0.1, 0.15) is 5.84 Å². The topological polar surface area (TPSA) is 56.4 Å². The second kappa shape index (κ2) is 6.86. The summed E-state index contributed by atoms with van der Waals surface area (Å²) >= 11 is 0. The summed E-state index contributed by atoms with van der Waals surface area (Å²) in [6.45, 7) is 4.39. The lowest BCUT2D eigenvalue weighted by Crippen LogP contribution is -2.37. The fourth-order valence-corrected chi connectivity index (χ4v) is 3.01. The van der Waals surface area contributed by atoms with Gasteiger partial charge in [-0.25, -0.2) is 0 Å². The van der Waals surface area contributed by atoms with E-state index >= 15 is 0 Å². The molecule has 0 radical (unpaired) electrons. The molecule has 4 nitrogen and oxygen atoms in total. The van der Waals surface area contributed by atoms with Crippen molar-refractivity contribution in [2.75, 3.05) is 33.7 Å². The quantitative estimate of drug-likeness (QED) is 0.635. The molecule has 0 spiro atoms. The first-order valence-corrected chi connectivity index (χ1v) is 7.35. The number of nitrogen functional groups attached to an aromatic ring is 1. The van der Waals surface area contributed by atoms with Gasteiger partial charge < -0.3 is 10.6 Å². The number of nitrogens with one attached hydrogen (secondary N) is 1. The van der Waals surface area contributed by atoms with Crippen molar-refractivity contribution >= 4 is 5.84 Å². The summed E-state index contributed by atoms with van der Waals surface area (Å²) in [6.07, 6.45) is 2.53. The molecule has 0 unspecified atom stereocenters. The van der Waals surface area contributed by atoms with Gasteiger partial charge in [-0.15, -0.1) is 0 Å². The maximum absolute atomic E-state index is 7.66. The molecule has 20 heavy (non-hydrogen) atoms. The molecule has 0 bridgehead atoms. The first-order valence-electron chi connectivity index (χ1n) is 7.35. The minimum Gasteiger partial charge on any atom is -0.384 e. The summed E-state index contributed by atoms with van der Waals surface area (Å²) in [4.78, 5) is 4.76. The Labute approximate surface area is 122 Å². The van der Waals surface area contributed by atoms with E-state index in [4.69, 9.17) is 11.1 Å². The predicted octanol–water partition coefficient (Wildman–Crippen LogP) is 1.74. The summed E-state index contributed by atoms with van der Waals surface area (Å²) < 4.78 is 0. The van der Waals surface area contributed by atoms with E-state index in [-0.39, 0.29) is 5.84 Å². The smallest absolute Gasteiger partial charge is 0.123 e. The number of piperidine rings is 1. The first kappa shape index (κ1) is 15.0. The van der Waals surface area contributed by atoms with E-state index in [0.717, 1.165) is 31.1 Å². The highest BCUT2D eigenvalue weighted by atomic mass is 15.1. The van der Waals surface area contributed by atoms with Crippen LogP contribution in [0.5, 0.6) is 0 Å². The van der Waals surface area contributed by atoms with Gasteiger partial charge in [-0.05, 0) is 51.5 Å². The molecule has 1 aliphatic rings. The van der Waals surface area contributed by atoms with Gasteiger partial charge in [0.2, 0.25) is 0 Å². The SMILES string of the molecule is CN(C)CC1CCN(Cc2ccccc2C(=N)N)CC1. The average molecular weight is 274 g/mol. The molecule has 1 fully saturated rings. The van der Waals surface area contributed by atoms with Gasteiger partial charge in [0.05, 0.1) is 0 Å². The maximum atomic E-state index is 7.66. The van der Waals surface area contributed by atoms with E-state index in [1.165, 1.54) is 24.9 Å². The third-order valence-electron chi connectivity index (χ3n) is 4.03. The summed E-state index contributed by atoms with van der Waals surface area (Å²) in [5, 5.41) is 7.66. The van der Waals surface area contributed by atoms with Crippen LogP contribution in [0.3, 0.4) is 0 Å². The van der Waals surface area contributed by atoms with Crippen LogP contribution in [0.4, 0.5) is 0 Å². The highest BCUT2D eigenvalue weighted by molar-refractivity contribution is 5.96. The van der Waals surface area contributed by atoms with Crippen LogP contribution in [0.1, 0.15) is 24.0 Å². The van der Waals surface area contributed by atoms with Crippen molar-refractivity contribution in [3.05, 3.63) is 35.4 Å². The molecule has 0 aliphatic carbocycles. The zero-order valence-corrected chi connectivity index (χ0v) is 12.6. The second-order valence-corrected chi connectivity index (χ2v) is 6.05. The molecule has 0 amide bonds. The summed E-state index contributed by atoms with van der Waals surface area (Å²) in [5.41, 5.74) is 7.71. The van der Waals surface area contributed by atoms with E-state index in [2.05, 4.69) is 30.0 Å². The van der Waals surface area contributed by atoms with Gasteiger partial charge in [-0.3, -0.25) is 10.3 Å². The van der Waals surface area contributed by atoms with E-state index in [1.807, 2.05) is 18.2 Å². The third kappa shape index (κ3) is 4.05. The number of likely N-dealkylation sites (tertiary alicyclic amines) is 1. The molecule has 2 rings (SSSR count). The first-order chi connectivity index (χ1) is 9.56. The van der Waals surface area contributed by atoms with Crippen LogP contribution in [0.25, 0.3) is 0 Å². The number of amidine groups is 1. The van der Waals surface area contributed by atoms with Gasteiger partial charge in [-0.2, -0.15) is 0 Å². The molecule has 0 aromatic heterocycles. The zero-order chi connectivity index (χ0) is 14.5. The Balaban J connectivity index is 1.91. The van der Waals surface area contributed by atoms with E-state index in [0.29, 0.717) is 0 Å². The monoisotopic (exact) mass is 274 g/mol. The van der Waals surface area contributed by atoms with Gasteiger partial charge >= 0.3 is 0 Å². The lowest BCUT2D eigenvalue weighted by Gasteiger charge is -2.33. The van der Waals surface area contributed by atoms with E-state index in [9.17, 15) is 0 Å². The minimum absolute atomic E-state index is 0.170. The van der Waals surface area contributed by atoms with Gasteiger partial charge in [0.15, 0.2) is 0 Å². The second-order valence-electron chi connectivity index (χ2n) is 6.05. The molecular weight excluding hydrogens is 248 g/mol. The molecular formula is C16H26N4. The fraction of sp³-hybridized carbons (Fsp3) is 0.562. The zero-order valence-electron chi connectivity index (χ0n) is 12.6. The number of hydrogen-bond donors (Lipinski definition) is 2. The Morgan fingerprint density at radius 1 is 1.30 bits per heavy atom. The van der Waals surface area contributed by atoms with Crippen LogP contribution < -0.4 is 5.73 Å². The Hall–Kier alpha value is -1.39. The number of rotatable bonds is 5. The molecule has 1 aromatic rings. The van der Waals surface area contributed by atoms with Gasteiger partial charge in [-0.1, -0.05) is 24.3 Å². The van der Waals surface area contributed by atoms with Crippen LogP contribution in [0.15, 0.2) is 24.3 Å². The summed E-state index contributed by atoms with van der Waals surface area (Å²) in [6, 6.07) is 8.00. The number of hydrogen-bond acceptors (Lipinski definition) is 3. The van der Waals surface area contributed by atoms with Crippen LogP contribution >= 0.6 is 0 Å². The molecule has 1 heterocycles. The number of nitrogens with zero attached hydrogens (tertiary/aromatic N) is 2. The lowest BCUT2D eigenvalue weighted by atomic mass is 9.95. The standard InChI is InChI=1S/C16H26N4/c1-19(2)11-13-7-9-20(10-8-13)12-14-5-3-4-6-15(14)16(17)18/h3-6,13H,7-12H2,1-2H3,(H3,17,18). The third-order valence-corrected chi connectivity index (χ3v) is 4.03. The fourth-order valence-electron chi connectivity index (χ4n) is 3.01. The summed E-state index contributed by atoms with van der Waals surface area (Å²) in [7, 11) is 4.30. The van der Waals surface area contributed by atoms with Crippen LogP contribution in [-0.4, -0.2) is 49.4 Å². The Morgan fingerprint density at radius 3 is 2.55 bits per heavy atom. The maximum Gasteiger partial charge on any atom is 0.123 e. The molecule has 1 saturated heterocycles. The highest BCUT2D eigenvalue weighted by Gasteiger charge is 2.20. The minimum atomic E-state index is 0.170. The average Bonchev–Trinajstić information content (AvgIpc) is 2.41. The molecule has 0 saturated carbocycles. The number of benzene rings is 1. The normalized spacial score (nSPS) is 17.6. The molecule has 1 aliphatic heterocycles. The van der Waals surface area contributed by atoms with Crippen molar-refractivity contribution in [3.8, 4) is 0 Å². The van der Waals surface area contributed by atoms with E-state index < -0.39 is 0 Å². The van der Waals surface area contributed by atoms with Crippen molar-refractivity contribution in [2.45, 2.75) is 19.4 Å². The molecule has 1 aromatic carbocycles. The molecule has 4 heteroatoms. The van der Waals surface area contributed by atoms with Gasteiger partial charge in [0, 0.05) is 18.7 Å². The largest absolute Gasteiger partial charge is 0.384 e. The van der Waals surface area contributed by atoms with Crippen LogP contribution in [-0.2, 0) is 6.54 Å².